The van der Waals surface area contributed by atoms with Crippen molar-refractivity contribution in [1.29, 1.82) is 0 Å². The third-order valence-electron chi connectivity index (χ3n) is 2.52. The summed E-state index contributed by atoms with van der Waals surface area (Å²) in [5.74, 6) is -0.219. The fourth-order valence-corrected chi connectivity index (χ4v) is 1.64. The Labute approximate surface area is 105 Å². The van der Waals surface area contributed by atoms with Crippen LogP contribution in [0.15, 0.2) is 30.3 Å². The molecule has 92 valence electrons. The Balaban J connectivity index is 2.59. The summed E-state index contributed by atoms with van der Waals surface area (Å²) in [6.07, 6.45) is 0. The van der Waals surface area contributed by atoms with Crippen LogP contribution in [0, 0.1) is 6.92 Å². The lowest BCUT2D eigenvalue weighted by Gasteiger charge is -2.08. The molecule has 0 saturated carbocycles. The second-order valence-electron chi connectivity index (χ2n) is 3.75. The van der Waals surface area contributed by atoms with Crippen LogP contribution in [0.25, 0.3) is 11.3 Å². The van der Waals surface area contributed by atoms with Gasteiger partial charge in [-0.15, -0.1) is 0 Å². The molecule has 0 unspecified atom stereocenters. The van der Waals surface area contributed by atoms with Crippen molar-refractivity contribution in [3.05, 3.63) is 41.7 Å². The van der Waals surface area contributed by atoms with Gasteiger partial charge in [-0.25, -0.2) is 14.8 Å². The minimum absolute atomic E-state index is 0.186. The summed E-state index contributed by atoms with van der Waals surface area (Å²) in [7, 11) is 1.31. The van der Waals surface area contributed by atoms with Crippen molar-refractivity contribution in [2.24, 2.45) is 0 Å². The molecule has 18 heavy (non-hydrogen) atoms. The van der Waals surface area contributed by atoms with E-state index < -0.39 is 5.97 Å². The third kappa shape index (κ3) is 2.15. The average Bonchev–Trinajstić information content (AvgIpc) is 2.39. The molecule has 0 aliphatic rings. The molecule has 0 fully saturated rings. The number of rotatable bonds is 2. The van der Waals surface area contributed by atoms with Crippen LogP contribution in [0.1, 0.15) is 16.2 Å². The predicted octanol–water partition coefficient (Wildman–Crippen LogP) is 1.82. The molecular weight excluding hydrogens is 230 g/mol. The number of nitrogens with zero attached hydrogens (tertiary/aromatic N) is 2. The normalized spacial score (nSPS) is 10.1. The smallest absolute Gasteiger partial charge is 0.358 e. The van der Waals surface area contributed by atoms with E-state index in [0.29, 0.717) is 17.2 Å². The van der Waals surface area contributed by atoms with E-state index in [9.17, 15) is 4.79 Å². The van der Waals surface area contributed by atoms with Crippen LogP contribution in [-0.2, 0) is 4.74 Å². The summed E-state index contributed by atoms with van der Waals surface area (Å²) in [5, 5.41) is 0. The lowest BCUT2D eigenvalue weighted by atomic mass is 10.1. The number of esters is 1. The van der Waals surface area contributed by atoms with Gasteiger partial charge in [0.25, 0.3) is 0 Å². The first-order chi connectivity index (χ1) is 8.63. The van der Waals surface area contributed by atoms with Crippen LogP contribution in [-0.4, -0.2) is 23.0 Å². The average molecular weight is 243 g/mol. The first-order valence-corrected chi connectivity index (χ1v) is 5.41. The number of hydrogen-bond acceptors (Lipinski definition) is 5. The van der Waals surface area contributed by atoms with Crippen LogP contribution in [0.5, 0.6) is 0 Å². The molecule has 2 aromatic rings. The highest BCUT2D eigenvalue weighted by molar-refractivity contribution is 5.89. The number of carbonyl (C=O) groups excluding carboxylic acids is 1. The molecule has 2 N–H and O–H groups in total. The second kappa shape index (κ2) is 4.83. The number of benzene rings is 1. The standard InChI is InChI=1S/C13H13N3O2/c1-8-10(13(17)18-2)16-11(12(14)15-8)9-6-4-3-5-7-9/h3-7H,1-2H3,(H2,14,15). The number of anilines is 1. The fourth-order valence-electron chi connectivity index (χ4n) is 1.64. The molecule has 1 aromatic carbocycles. The molecule has 1 aromatic heterocycles. The highest BCUT2D eigenvalue weighted by atomic mass is 16.5. The monoisotopic (exact) mass is 243 g/mol. The number of nitrogens with two attached hydrogens (primary N) is 1. The Morgan fingerprint density at radius 3 is 2.50 bits per heavy atom. The van der Waals surface area contributed by atoms with Gasteiger partial charge in [-0.2, -0.15) is 0 Å². The zero-order valence-electron chi connectivity index (χ0n) is 10.2. The summed E-state index contributed by atoms with van der Waals surface area (Å²) in [4.78, 5) is 19.9. The van der Waals surface area contributed by atoms with E-state index in [1.54, 1.807) is 6.92 Å². The third-order valence-corrected chi connectivity index (χ3v) is 2.52. The number of nitrogen functional groups attached to an aromatic ring is 1. The molecule has 1 heterocycles. The molecule has 0 radical (unpaired) electrons. The van der Waals surface area contributed by atoms with E-state index in [-0.39, 0.29) is 5.69 Å². The van der Waals surface area contributed by atoms with Crippen LogP contribution < -0.4 is 5.73 Å². The molecule has 5 heteroatoms. The second-order valence-corrected chi connectivity index (χ2v) is 3.75. The van der Waals surface area contributed by atoms with Gasteiger partial charge >= 0.3 is 5.97 Å². The number of hydrogen-bond donors (Lipinski definition) is 1. The zero-order chi connectivity index (χ0) is 13.1. The van der Waals surface area contributed by atoms with Gasteiger partial charge in [-0.1, -0.05) is 30.3 Å². The Morgan fingerprint density at radius 1 is 1.22 bits per heavy atom. The van der Waals surface area contributed by atoms with Crippen LogP contribution in [0.3, 0.4) is 0 Å². The fraction of sp³-hybridized carbons (Fsp3) is 0.154. The highest BCUT2D eigenvalue weighted by Gasteiger charge is 2.16. The number of methoxy groups -OCH3 is 1. The van der Waals surface area contributed by atoms with Crippen LogP contribution in [0.4, 0.5) is 5.82 Å². The van der Waals surface area contributed by atoms with E-state index in [2.05, 4.69) is 14.7 Å². The van der Waals surface area contributed by atoms with Crippen molar-refractivity contribution < 1.29 is 9.53 Å². The molecule has 0 atom stereocenters. The Hall–Kier alpha value is -2.43. The number of aromatic nitrogens is 2. The molecule has 0 spiro atoms. The minimum atomic E-state index is -0.516. The maximum Gasteiger partial charge on any atom is 0.358 e. The molecule has 0 amide bonds. The maximum absolute atomic E-state index is 11.6. The Kier molecular flexibility index (Phi) is 3.23. The molecule has 0 bridgehead atoms. The number of aryl methyl sites for hydroxylation is 1. The molecule has 0 aliphatic heterocycles. The largest absolute Gasteiger partial charge is 0.464 e. The lowest BCUT2D eigenvalue weighted by molar-refractivity contribution is 0.0592. The quantitative estimate of drug-likeness (QED) is 0.814. The van der Waals surface area contributed by atoms with Crippen molar-refractivity contribution in [2.45, 2.75) is 6.92 Å². The Morgan fingerprint density at radius 2 is 1.89 bits per heavy atom. The molecule has 0 saturated heterocycles. The van der Waals surface area contributed by atoms with Gasteiger partial charge < -0.3 is 10.5 Å². The molecular formula is C13H13N3O2. The van der Waals surface area contributed by atoms with Crippen LogP contribution >= 0.6 is 0 Å². The summed E-state index contributed by atoms with van der Waals surface area (Å²) >= 11 is 0. The van der Waals surface area contributed by atoms with Crippen molar-refractivity contribution in [1.82, 2.24) is 9.97 Å². The lowest BCUT2D eigenvalue weighted by Crippen LogP contribution is -2.11. The summed E-state index contributed by atoms with van der Waals surface area (Å²) in [6.45, 7) is 1.67. The van der Waals surface area contributed by atoms with Crippen molar-refractivity contribution in [2.75, 3.05) is 12.8 Å². The number of carbonyl (C=O) groups is 1. The van der Waals surface area contributed by atoms with E-state index >= 15 is 0 Å². The molecule has 0 aliphatic carbocycles. The van der Waals surface area contributed by atoms with E-state index in [4.69, 9.17) is 5.73 Å². The SMILES string of the molecule is COC(=O)c1nc(-c2ccccc2)c(N)nc1C. The van der Waals surface area contributed by atoms with Gasteiger partial charge in [0.15, 0.2) is 5.69 Å². The minimum Gasteiger partial charge on any atom is -0.464 e. The first-order valence-electron chi connectivity index (χ1n) is 5.41. The van der Waals surface area contributed by atoms with Gasteiger partial charge in [-0.3, -0.25) is 0 Å². The first kappa shape index (κ1) is 12.0. The van der Waals surface area contributed by atoms with E-state index in [0.717, 1.165) is 5.56 Å². The van der Waals surface area contributed by atoms with Crippen molar-refractivity contribution in [3.63, 3.8) is 0 Å². The van der Waals surface area contributed by atoms with Gasteiger partial charge in [0.2, 0.25) is 0 Å². The summed E-state index contributed by atoms with van der Waals surface area (Å²) < 4.78 is 4.67. The predicted molar refractivity (Wildman–Crippen MR) is 68.0 cm³/mol. The van der Waals surface area contributed by atoms with Crippen LogP contribution in [0.2, 0.25) is 0 Å². The number of ether oxygens (including phenoxy) is 1. The summed E-state index contributed by atoms with van der Waals surface area (Å²) in [6, 6.07) is 9.35. The Bertz CT molecular complexity index is 582. The van der Waals surface area contributed by atoms with Gasteiger partial charge in [-0.05, 0) is 6.92 Å². The van der Waals surface area contributed by atoms with E-state index in [1.165, 1.54) is 7.11 Å². The molecule has 2 rings (SSSR count). The van der Waals surface area contributed by atoms with Gasteiger partial charge in [0.05, 0.1) is 12.8 Å². The van der Waals surface area contributed by atoms with Crippen molar-refractivity contribution in [3.8, 4) is 11.3 Å². The van der Waals surface area contributed by atoms with Gasteiger partial charge in [0, 0.05) is 5.56 Å². The summed E-state index contributed by atoms with van der Waals surface area (Å²) in [5.41, 5.74) is 7.78. The van der Waals surface area contributed by atoms with Gasteiger partial charge in [0.1, 0.15) is 11.5 Å². The van der Waals surface area contributed by atoms with E-state index in [1.807, 2.05) is 30.3 Å². The maximum atomic E-state index is 11.6. The van der Waals surface area contributed by atoms with Crippen molar-refractivity contribution >= 4 is 11.8 Å². The topological polar surface area (TPSA) is 78.1 Å². The zero-order valence-corrected chi connectivity index (χ0v) is 10.2. The highest BCUT2D eigenvalue weighted by Crippen LogP contribution is 2.23. The molecule has 5 nitrogen and oxygen atoms in total.